The Hall–Kier alpha value is -2.76. The van der Waals surface area contributed by atoms with Gasteiger partial charge in [-0.25, -0.2) is 0 Å². The van der Waals surface area contributed by atoms with Crippen molar-refractivity contribution in [2.24, 2.45) is 5.92 Å². The number of nitrogens with zero attached hydrogens (tertiary/aromatic N) is 2. The number of aryl methyl sites for hydroxylation is 2. The molecule has 0 bridgehead atoms. The van der Waals surface area contributed by atoms with E-state index in [1.54, 1.807) is 6.20 Å². The van der Waals surface area contributed by atoms with E-state index in [2.05, 4.69) is 57.7 Å². The van der Waals surface area contributed by atoms with Gasteiger partial charge in [0.25, 0.3) is 0 Å². The fourth-order valence-corrected chi connectivity index (χ4v) is 3.90. The smallest absolute Gasteiger partial charge is 0.0635 e. The largest absolute Gasteiger partial charge is 0.393 e. The van der Waals surface area contributed by atoms with E-state index < -0.39 is 6.10 Å². The fraction of sp³-hybridized carbons (Fsp3) is 0.333. The molecule has 2 aromatic heterocycles. The molecule has 0 unspecified atom stereocenters. The van der Waals surface area contributed by atoms with Gasteiger partial charge in [0.2, 0.25) is 0 Å². The number of hydrogen-bond donors (Lipinski definition) is 2. The zero-order chi connectivity index (χ0) is 19.9. The van der Waals surface area contributed by atoms with Crippen LogP contribution in [0.2, 0.25) is 0 Å². The number of anilines is 1. The number of pyridine rings is 2. The number of aromatic nitrogens is 2. The minimum absolute atomic E-state index is 0.0200. The van der Waals surface area contributed by atoms with Crippen LogP contribution in [0.3, 0.4) is 0 Å². The molecule has 5 nitrogen and oxygen atoms in total. The van der Waals surface area contributed by atoms with Gasteiger partial charge < -0.3 is 15.2 Å². The van der Waals surface area contributed by atoms with E-state index in [1.807, 2.05) is 24.7 Å². The Morgan fingerprint density at radius 3 is 2.66 bits per heavy atom. The molecule has 1 saturated heterocycles. The molecular formula is C24H27N3O2. The first-order valence-corrected chi connectivity index (χ1v) is 10.2. The average Bonchev–Trinajstić information content (AvgIpc) is 2.78. The summed E-state index contributed by atoms with van der Waals surface area (Å²) in [7, 11) is 0. The Balaban J connectivity index is 1.51. The Morgan fingerprint density at radius 2 is 1.86 bits per heavy atom. The predicted molar refractivity (Wildman–Crippen MR) is 114 cm³/mol. The highest BCUT2D eigenvalue weighted by atomic mass is 16.5. The van der Waals surface area contributed by atoms with Crippen LogP contribution >= 0.6 is 0 Å². The molecule has 4 rings (SSSR count). The second-order valence-electron chi connectivity index (χ2n) is 7.56. The lowest BCUT2D eigenvalue weighted by Gasteiger charge is -2.35. The monoisotopic (exact) mass is 389 g/mol. The number of ether oxygens (including phenoxy) is 1. The van der Waals surface area contributed by atoms with Gasteiger partial charge >= 0.3 is 0 Å². The van der Waals surface area contributed by atoms with Gasteiger partial charge in [-0.05, 0) is 66.3 Å². The maximum Gasteiger partial charge on any atom is 0.0635 e. The molecule has 0 spiro atoms. The number of nitrogens with one attached hydrogen (secondary N) is 1. The summed E-state index contributed by atoms with van der Waals surface area (Å²) in [5.41, 5.74) is 4.67. The number of rotatable bonds is 7. The van der Waals surface area contributed by atoms with Crippen molar-refractivity contribution in [3.8, 4) is 0 Å². The highest BCUT2D eigenvalue weighted by Gasteiger charge is 2.32. The molecule has 1 aliphatic rings. The number of hydrogen-bond acceptors (Lipinski definition) is 5. The van der Waals surface area contributed by atoms with Crippen molar-refractivity contribution in [3.05, 3.63) is 90.0 Å². The summed E-state index contributed by atoms with van der Waals surface area (Å²) < 4.78 is 5.68. The predicted octanol–water partition coefficient (Wildman–Crippen LogP) is 3.81. The Kier molecular flexibility index (Phi) is 6.49. The Morgan fingerprint density at radius 1 is 1.00 bits per heavy atom. The first-order valence-electron chi connectivity index (χ1n) is 10.2. The van der Waals surface area contributed by atoms with Crippen LogP contribution in [0.5, 0.6) is 0 Å². The van der Waals surface area contributed by atoms with Crippen molar-refractivity contribution in [3.63, 3.8) is 0 Å². The van der Waals surface area contributed by atoms with E-state index in [9.17, 15) is 5.11 Å². The molecule has 0 saturated carbocycles. The Labute approximate surface area is 171 Å². The lowest BCUT2D eigenvalue weighted by Crippen LogP contribution is -2.38. The lowest BCUT2D eigenvalue weighted by atomic mass is 9.87. The van der Waals surface area contributed by atoms with Crippen LogP contribution in [-0.2, 0) is 17.6 Å². The summed E-state index contributed by atoms with van der Waals surface area (Å²) in [5.74, 6) is -0.0200. The van der Waals surface area contributed by atoms with Crippen molar-refractivity contribution in [2.75, 3.05) is 18.5 Å². The molecule has 3 atom stereocenters. The van der Waals surface area contributed by atoms with E-state index >= 15 is 0 Å². The van der Waals surface area contributed by atoms with Crippen LogP contribution in [0.25, 0.3) is 0 Å². The van der Waals surface area contributed by atoms with Gasteiger partial charge in [0, 0.05) is 43.0 Å². The van der Waals surface area contributed by atoms with Gasteiger partial charge in [-0.2, -0.15) is 0 Å². The number of aliphatic hydroxyl groups excluding tert-OH is 1. The average molecular weight is 389 g/mol. The van der Waals surface area contributed by atoms with Crippen molar-refractivity contribution < 1.29 is 9.84 Å². The minimum Gasteiger partial charge on any atom is -0.393 e. The van der Waals surface area contributed by atoms with Gasteiger partial charge in [-0.15, -0.1) is 0 Å². The van der Waals surface area contributed by atoms with Crippen LogP contribution in [0.15, 0.2) is 73.3 Å². The zero-order valence-electron chi connectivity index (χ0n) is 16.4. The van der Waals surface area contributed by atoms with E-state index in [-0.39, 0.29) is 12.0 Å². The fourth-order valence-electron chi connectivity index (χ4n) is 3.90. The van der Waals surface area contributed by atoms with Crippen molar-refractivity contribution in [2.45, 2.75) is 31.4 Å². The molecule has 1 aromatic carbocycles. The van der Waals surface area contributed by atoms with Crippen LogP contribution in [-0.4, -0.2) is 34.4 Å². The first-order chi connectivity index (χ1) is 14.3. The summed E-state index contributed by atoms with van der Waals surface area (Å²) in [4.78, 5) is 8.36. The summed E-state index contributed by atoms with van der Waals surface area (Å²) in [6.07, 6.45) is 9.53. The third-order valence-corrected chi connectivity index (χ3v) is 5.54. The molecule has 0 amide bonds. The van der Waals surface area contributed by atoms with Crippen molar-refractivity contribution in [1.29, 1.82) is 0 Å². The second-order valence-corrected chi connectivity index (χ2v) is 7.56. The second kappa shape index (κ2) is 9.63. The quantitative estimate of drug-likeness (QED) is 0.643. The number of aliphatic hydroxyl groups is 1. The SMILES string of the molecule is O[C@H]1CCOC[C@H]1[C@H](Nc1cccc(CCc2ccncc2)c1)c1cccnc1. The van der Waals surface area contributed by atoms with Gasteiger partial charge in [0.15, 0.2) is 0 Å². The molecule has 0 radical (unpaired) electrons. The molecule has 3 heterocycles. The standard InChI is InChI=1S/C24H27N3O2/c28-23-10-14-29-17-22(23)24(20-4-2-11-26-16-20)27-21-5-1-3-19(15-21)7-6-18-8-12-25-13-9-18/h1-5,8-9,11-13,15-16,22-24,27-28H,6-7,10,14,17H2/t22-,23+,24-/m1/s1. The molecule has 29 heavy (non-hydrogen) atoms. The summed E-state index contributed by atoms with van der Waals surface area (Å²) >= 11 is 0. The summed E-state index contributed by atoms with van der Waals surface area (Å²) in [5, 5.41) is 14.2. The highest BCUT2D eigenvalue weighted by molar-refractivity contribution is 5.48. The highest BCUT2D eigenvalue weighted by Crippen LogP contribution is 2.32. The van der Waals surface area contributed by atoms with E-state index in [1.165, 1.54) is 11.1 Å². The molecular weight excluding hydrogens is 362 g/mol. The van der Waals surface area contributed by atoms with Gasteiger partial charge in [-0.3, -0.25) is 9.97 Å². The van der Waals surface area contributed by atoms with Crippen LogP contribution in [0.4, 0.5) is 5.69 Å². The van der Waals surface area contributed by atoms with Gasteiger partial charge in [0.1, 0.15) is 0 Å². The van der Waals surface area contributed by atoms with Gasteiger partial charge in [0.05, 0.1) is 18.8 Å². The molecule has 3 aromatic rings. The molecule has 150 valence electrons. The summed E-state index contributed by atoms with van der Waals surface area (Å²) in [6.45, 7) is 1.15. The van der Waals surface area contributed by atoms with Crippen LogP contribution in [0.1, 0.15) is 29.2 Å². The Bertz CT molecular complexity index is 889. The third-order valence-electron chi connectivity index (χ3n) is 5.54. The molecule has 1 aliphatic heterocycles. The molecule has 0 aliphatic carbocycles. The van der Waals surface area contributed by atoms with E-state index in [0.29, 0.717) is 19.6 Å². The van der Waals surface area contributed by atoms with E-state index in [0.717, 1.165) is 24.1 Å². The maximum absolute atomic E-state index is 10.6. The minimum atomic E-state index is -0.392. The first kappa shape index (κ1) is 19.6. The topological polar surface area (TPSA) is 67.3 Å². The van der Waals surface area contributed by atoms with Crippen LogP contribution < -0.4 is 5.32 Å². The number of benzene rings is 1. The third kappa shape index (κ3) is 5.19. The normalized spacial score (nSPS) is 20.2. The molecule has 2 N–H and O–H groups in total. The van der Waals surface area contributed by atoms with Crippen molar-refractivity contribution >= 4 is 5.69 Å². The van der Waals surface area contributed by atoms with Gasteiger partial charge in [-0.1, -0.05) is 18.2 Å². The van der Waals surface area contributed by atoms with Crippen molar-refractivity contribution in [1.82, 2.24) is 9.97 Å². The van der Waals surface area contributed by atoms with E-state index in [4.69, 9.17) is 4.74 Å². The summed E-state index contributed by atoms with van der Waals surface area (Å²) in [6, 6.07) is 16.6. The molecule has 1 fully saturated rings. The lowest BCUT2D eigenvalue weighted by molar-refractivity contribution is -0.0424. The molecule has 5 heteroatoms. The zero-order valence-corrected chi connectivity index (χ0v) is 16.4. The maximum atomic E-state index is 10.6. The van der Waals surface area contributed by atoms with Crippen LogP contribution in [0, 0.1) is 5.92 Å².